The molecule has 1 aliphatic carbocycles. The number of hydrogen-bond acceptors (Lipinski definition) is 2. The summed E-state index contributed by atoms with van der Waals surface area (Å²) in [7, 11) is 0. The molecule has 0 heterocycles. The summed E-state index contributed by atoms with van der Waals surface area (Å²) in [5.74, 6) is 0.716. The number of nitrogens with one attached hydrogen (secondary N) is 2. The third-order valence-electron chi connectivity index (χ3n) is 3.58. The largest absolute Gasteiger partial charge is 0.388 e. The average Bonchev–Trinajstić information content (AvgIpc) is 2.41. The number of rotatable bonds is 5. The van der Waals surface area contributed by atoms with Crippen molar-refractivity contribution in [1.29, 1.82) is 0 Å². The van der Waals surface area contributed by atoms with Gasteiger partial charge < -0.3 is 15.7 Å². The average molecular weight is 424 g/mol. The molecule has 0 radical (unpaired) electrons. The second-order valence-corrected chi connectivity index (χ2v) is 5.63. The van der Waals surface area contributed by atoms with Crippen molar-refractivity contribution in [3.8, 4) is 0 Å². The predicted octanol–water partition coefficient (Wildman–Crippen LogP) is 2.93. The Morgan fingerprint density at radius 2 is 2.05 bits per heavy atom. The lowest BCUT2D eigenvalue weighted by molar-refractivity contribution is -0.0279. The molecule has 118 valence electrons. The molecule has 3 N–H and O–H groups in total. The molecule has 1 saturated carbocycles. The molecule has 0 aliphatic heterocycles. The lowest BCUT2D eigenvalue weighted by atomic mass is 9.80. The van der Waals surface area contributed by atoms with Gasteiger partial charge in [-0.15, -0.1) is 24.0 Å². The van der Waals surface area contributed by atoms with E-state index >= 15 is 0 Å². The molecular weight excluding hydrogens is 401 g/mol. The molecule has 0 unspecified atom stereocenters. The highest BCUT2D eigenvalue weighted by atomic mass is 127. The van der Waals surface area contributed by atoms with E-state index in [-0.39, 0.29) is 24.0 Å². The van der Waals surface area contributed by atoms with Crippen molar-refractivity contribution in [2.45, 2.75) is 38.3 Å². The number of nitrogens with zero attached hydrogens (tertiary/aromatic N) is 1. The normalized spacial score (nSPS) is 16.6. The first kappa shape index (κ1) is 18.5. The molecule has 0 atom stereocenters. The van der Waals surface area contributed by atoms with Crippen LogP contribution in [0.2, 0.25) is 5.02 Å². The van der Waals surface area contributed by atoms with Crippen LogP contribution in [0.4, 0.5) is 0 Å². The van der Waals surface area contributed by atoms with Gasteiger partial charge in [0.2, 0.25) is 0 Å². The van der Waals surface area contributed by atoms with Gasteiger partial charge in [0.1, 0.15) is 0 Å². The second-order valence-electron chi connectivity index (χ2n) is 5.22. The molecule has 0 aromatic heterocycles. The van der Waals surface area contributed by atoms with Crippen LogP contribution in [-0.4, -0.2) is 29.8 Å². The highest BCUT2D eigenvalue weighted by Gasteiger charge is 2.34. The van der Waals surface area contributed by atoms with Gasteiger partial charge in [-0.25, -0.2) is 4.99 Å². The van der Waals surface area contributed by atoms with E-state index in [2.05, 4.69) is 15.6 Å². The van der Waals surface area contributed by atoms with Crippen molar-refractivity contribution in [2.24, 2.45) is 4.99 Å². The van der Waals surface area contributed by atoms with Crippen molar-refractivity contribution in [2.75, 3.05) is 13.1 Å². The standard InChI is InChI=1S/C15H22ClN3O.HI/c1-2-17-14(19-11-15(20)8-5-9-15)18-10-12-6-3-4-7-13(12)16;/h3-4,6-7,20H,2,5,8-11H2,1H3,(H2,17,18,19);1H. The van der Waals surface area contributed by atoms with Crippen LogP contribution in [0.15, 0.2) is 29.3 Å². The molecule has 0 spiro atoms. The van der Waals surface area contributed by atoms with E-state index in [9.17, 15) is 5.11 Å². The minimum atomic E-state index is -0.555. The summed E-state index contributed by atoms with van der Waals surface area (Å²) in [6.45, 7) is 3.87. The van der Waals surface area contributed by atoms with Crippen molar-refractivity contribution in [3.63, 3.8) is 0 Å². The van der Waals surface area contributed by atoms with Crippen LogP contribution in [0, 0.1) is 0 Å². The monoisotopic (exact) mass is 423 g/mol. The molecule has 1 aliphatic rings. The first-order chi connectivity index (χ1) is 9.63. The molecule has 21 heavy (non-hydrogen) atoms. The van der Waals surface area contributed by atoms with E-state index in [0.717, 1.165) is 36.4 Å². The van der Waals surface area contributed by atoms with E-state index in [0.29, 0.717) is 19.0 Å². The van der Waals surface area contributed by atoms with Crippen LogP contribution < -0.4 is 10.6 Å². The van der Waals surface area contributed by atoms with Gasteiger partial charge in [-0.05, 0) is 37.8 Å². The lowest BCUT2D eigenvalue weighted by Gasteiger charge is -2.37. The maximum Gasteiger partial charge on any atom is 0.191 e. The fraction of sp³-hybridized carbons (Fsp3) is 0.533. The third kappa shape index (κ3) is 5.64. The topological polar surface area (TPSA) is 56.7 Å². The number of aliphatic hydroxyl groups is 1. The van der Waals surface area contributed by atoms with Crippen molar-refractivity contribution in [3.05, 3.63) is 34.9 Å². The highest BCUT2D eigenvalue weighted by molar-refractivity contribution is 14.0. The Morgan fingerprint density at radius 3 is 2.62 bits per heavy atom. The number of guanidine groups is 1. The Balaban J connectivity index is 0.00000220. The minimum absolute atomic E-state index is 0. The van der Waals surface area contributed by atoms with Gasteiger partial charge in [-0.2, -0.15) is 0 Å². The van der Waals surface area contributed by atoms with E-state index in [1.165, 1.54) is 0 Å². The van der Waals surface area contributed by atoms with Crippen LogP contribution in [0.25, 0.3) is 0 Å². The van der Waals surface area contributed by atoms with E-state index in [1.807, 2.05) is 31.2 Å². The highest BCUT2D eigenvalue weighted by Crippen LogP contribution is 2.30. The molecule has 4 nitrogen and oxygen atoms in total. The zero-order valence-electron chi connectivity index (χ0n) is 12.2. The van der Waals surface area contributed by atoms with Gasteiger partial charge in [0.25, 0.3) is 0 Å². The smallest absolute Gasteiger partial charge is 0.191 e. The van der Waals surface area contributed by atoms with Crippen LogP contribution >= 0.6 is 35.6 Å². The van der Waals surface area contributed by atoms with Crippen molar-refractivity contribution in [1.82, 2.24) is 10.6 Å². The molecular formula is C15H23ClIN3O. The van der Waals surface area contributed by atoms with Gasteiger partial charge in [-0.1, -0.05) is 29.8 Å². The molecule has 1 fully saturated rings. The van der Waals surface area contributed by atoms with E-state index in [1.54, 1.807) is 0 Å². The molecule has 1 aromatic carbocycles. The predicted molar refractivity (Wildman–Crippen MR) is 98.5 cm³/mol. The van der Waals surface area contributed by atoms with Gasteiger partial charge in [0, 0.05) is 18.1 Å². The van der Waals surface area contributed by atoms with Crippen LogP contribution in [0.5, 0.6) is 0 Å². The molecule has 6 heteroatoms. The minimum Gasteiger partial charge on any atom is -0.388 e. The van der Waals surface area contributed by atoms with Crippen molar-refractivity contribution < 1.29 is 5.11 Å². The van der Waals surface area contributed by atoms with Crippen molar-refractivity contribution >= 4 is 41.5 Å². The summed E-state index contributed by atoms with van der Waals surface area (Å²) in [6.07, 6.45) is 2.83. The number of halogens is 2. The summed E-state index contributed by atoms with van der Waals surface area (Å²) < 4.78 is 0. The quantitative estimate of drug-likeness (QED) is 0.388. The van der Waals surface area contributed by atoms with Gasteiger partial charge in [-0.3, -0.25) is 0 Å². The molecule has 0 saturated heterocycles. The molecule has 0 bridgehead atoms. The summed E-state index contributed by atoms with van der Waals surface area (Å²) in [4.78, 5) is 4.50. The fourth-order valence-corrected chi connectivity index (χ4v) is 2.34. The van der Waals surface area contributed by atoms with Crippen LogP contribution in [0.1, 0.15) is 31.7 Å². The summed E-state index contributed by atoms with van der Waals surface area (Å²) >= 11 is 6.12. The van der Waals surface area contributed by atoms with Gasteiger partial charge in [0.15, 0.2) is 5.96 Å². The number of hydrogen-bond donors (Lipinski definition) is 3. The fourth-order valence-electron chi connectivity index (χ4n) is 2.14. The Kier molecular flexibility index (Phi) is 7.76. The van der Waals surface area contributed by atoms with Gasteiger partial charge in [0.05, 0.1) is 12.1 Å². The summed E-state index contributed by atoms with van der Waals surface area (Å²) in [5.41, 5.74) is 0.439. The molecule has 1 aromatic rings. The molecule has 2 rings (SSSR count). The van der Waals surface area contributed by atoms with Crippen LogP contribution in [0.3, 0.4) is 0 Å². The summed E-state index contributed by atoms with van der Waals surface area (Å²) in [6, 6.07) is 7.69. The first-order valence-corrected chi connectivity index (χ1v) is 7.49. The SMILES string of the molecule is CCNC(=NCc1ccccc1Cl)NCC1(O)CCC1.I. The summed E-state index contributed by atoms with van der Waals surface area (Å²) in [5, 5.41) is 17.2. The number of benzene rings is 1. The first-order valence-electron chi connectivity index (χ1n) is 7.11. The zero-order valence-corrected chi connectivity index (χ0v) is 15.3. The Labute approximate surface area is 148 Å². The number of aliphatic imine (C=N–C) groups is 1. The van der Waals surface area contributed by atoms with Crippen LogP contribution in [-0.2, 0) is 6.54 Å². The maximum absolute atomic E-state index is 10.1. The lowest BCUT2D eigenvalue weighted by Crippen LogP contribution is -2.50. The molecule has 0 amide bonds. The second kappa shape index (κ2) is 8.80. The van der Waals surface area contributed by atoms with E-state index < -0.39 is 5.60 Å². The Morgan fingerprint density at radius 1 is 1.33 bits per heavy atom. The van der Waals surface area contributed by atoms with Gasteiger partial charge >= 0.3 is 0 Å². The Bertz CT molecular complexity index is 478. The zero-order chi connectivity index (χ0) is 14.4. The maximum atomic E-state index is 10.1. The Hall–Kier alpha value is -0.530. The third-order valence-corrected chi connectivity index (χ3v) is 3.95. The van der Waals surface area contributed by atoms with E-state index in [4.69, 9.17) is 11.6 Å².